The number of unbranched alkanes of at least 4 members (excludes halogenated alkanes) is 16. The van der Waals surface area contributed by atoms with Crippen LogP contribution in [0.15, 0.2) is 67.9 Å². The number of benzene rings is 7. The highest BCUT2D eigenvalue weighted by atomic mass is 32.2. The van der Waals surface area contributed by atoms with Gasteiger partial charge in [0.25, 0.3) is 0 Å². The molecular weight excluding hydrogens is 649 g/mol. The fraction of sp³-hybridized carbons (Fsp3) is 0.478. The molecule has 0 saturated carbocycles. The molecule has 0 amide bonds. The molecule has 0 N–H and O–H groups in total. The Morgan fingerprint density at radius 3 is 1.02 bits per heavy atom. The molecule has 2 nitrogen and oxygen atoms in total. The van der Waals surface area contributed by atoms with E-state index in [2.05, 4.69) is 73.8 Å². The molecule has 0 unspecified atom stereocenters. The van der Waals surface area contributed by atoms with E-state index < -0.39 is 0 Å². The van der Waals surface area contributed by atoms with Crippen molar-refractivity contribution >= 4 is 88.2 Å². The summed E-state index contributed by atoms with van der Waals surface area (Å²) >= 11 is 4.12. The van der Waals surface area contributed by atoms with Gasteiger partial charge < -0.3 is 0 Å². The van der Waals surface area contributed by atoms with Crippen LogP contribution in [0.3, 0.4) is 0 Å². The van der Waals surface area contributed by atoms with E-state index in [0.29, 0.717) is 10.8 Å². The van der Waals surface area contributed by atoms with Gasteiger partial charge in [0, 0.05) is 31.3 Å². The van der Waals surface area contributed by atoms with Crippen molar-refractivity contribution in [3.8, 4) is 0 Å². The van der Waals surface area contributed by atoms with Gasteiger partial charge in [-0.1, -0.05) is 153 Å². The summed E-state index contributed by atoms with van der Waals surface area (Å²) in [6.45, 7) is 4.58. The summed E-state index contributed by atoms with van der Waals surface area (Å²) in [7, 11) is 0. The maximum Gasteiger partial charge on any atom is 0.234 e. The Kier molecular flexibility index (Phi) is 11.9. The van der Waals surface area contributed by atoms with Gasteiger partial charge in [0.05, 0.1) is 0 Å². The van der Waals surface area contributed by atoms with Crippen LogP contribution in [-0.2, 0) is 0 Å². The van der Waals surface area contributed by atoms with Gasteiger partial charge in [0.1, 0.15) is 0 Å². The fourth-order valence-corrected chi connectivity index (χ4v) is 11.2. The van der Waals surface area contributed by atoms with Crippen molar-refractivity contribution in [2.24, 2.45) is 0 Å². The van der Waals surface area contributed by atoms with E-state index in [1.807, 2.05) is 12.1 Å². The van der Waals surface area contributed by atoms with E-state index >= 15 is 0 Å². The van der Waals surface area contributed by atoms with Crippen LogP contribution in [0.4, 0.5) is 0 Å². The third-order valence-electron chi connectivity index (χ3n) is 11.3. The maximum absolute atomic E-state index is 13.5. The van der Waals surface area contributed by atoms with Crippen molar-refractivity contribution in [2.75, 3.05) is 11.5 Å². The molecule has 4 heteroatoms. The monoisotopic (exact) mass is 702 g/mol. The average Bonchev–Trinajstić information content (AvgIpc) is 3.14. The van der Waals surface area contributed by atoms with Crippen LogP contribution in [-0.4, -0.2) is 11.5 Å². The summed E-state index contributed by atoms with van der Waals surface area (Å²) < 4.78 is 0. The van der Waals surface area contributed by atoms with Gasteiger partial charge in [-0.2, -0.15) is 0 Å². The zero-order chi connectivity index (χ0) is 34.5. The number of rotatable bonds is 22. The molecule has 7 aromatic rings. The van der Waals surface area contributed by atoms with Crippen LogP contribution in [0.1, 0.15) is 129 Å². The van der Waals surface area contributed by atoms with Gasteiger partial charge >= 0.3 is 0 Å². The molecule has 0 heterocycles. The molecule has 0 aliphatic rings. The lowest BCUT2D eigenvalue weighted by atomic mass is 9.82. The van der Waals surface area contributed by atoms with Gasteiger partial charge in [-0.15, -0.1) is 23.5 Å². The summed E-state index contributed by atoms with van der Waals surface area (Å²) in [4.78, 5) is 29.8. The van der Waals surface area contributed by atoms with Crippen molar-refractivity contribution in [3.63, 3.8) is 0 Å². The highest BCUT2D eigenvalue weighted by Crippen LogP contribution is 2.52. The lowest BCUT2D eigenvalue weighted by molar-refractivity contribution is 0.573. The fourth-order valence-electron chi connectivity index (χ4n) is 8.58. The van der Waals surface area contributed by atoms with Gasteiger partial charge in [-0.25, -0.2) is 0 Å². The van der Waals surface area contributed by atoms with E-state index in [1.165, 1.54) is 158 Å². The third kappa shape index (κ3) is 6.88. The molecule has 50 heavy (non-hydrogen) atoms. The zero-order valence-corrected chi connectivity index (χ0v) is 32.0. The van der Waals surface area contributed by atoms with Crippen molar-refractivity contribution in [1.29, 1.82) is 0 Å². The molecule has 0 bridgehead atoms. The Labute approximate surface area is 306 Å². The molecular formula is C46H54O2S2. The molecule has 262 valence electrons. The number of hydrogen-bond acceptors (Lipinski definition) is 4. The normalized spacial score (nSPS) is 12.5. The maximum atomic E-state index is 13.5. The Morgan fingerprint density at radius 1 is 0.360 bits per heavy atom. The summed E-state index contributed by atoms with van der Waals surface area (Å²) in [6.07, 6.45) is 24.2. The highest BCUT2D eigenvalue weighted by Gasteiger charge is 2.26. The molecule has 0 aromatic heterocycles. The number of thioether (sulfide) groups is 2. The Hall–Kier alpha value is -2.82. The second-order valence-electron chi connectivity index (χ2n) is 14.8. The largest absolute Gasteiger partial charge is 0.285 e. The van der Waals surface area contributed by atoms with Crippen LogP contribution in [0.25, 0.3) is 64.6 Å². The second-order valence-corrected chi connectivity index (χ2v) is 17.0. The van der Waals surface area contributed by atoms with Gasteiger partial charge in [0.15, 0.2) is 0 Å². The minimum atomic E-state index is -0.366. The molecule has 0 atom stereocenters. The third-order valence-corrected chi connectivity index (χ3v) is 13.8. The van der Waals surface area contributed by atoms with Crippen molar-refractivity contribution < 1.29 is 0 Å². The zero-order valence-electron chi connectivity index (χ0n) is 30.4. The number of hydrogen-bond donors (Lipinski definition) is 0. The van der Waals surface area contributed by atoms with E-state index in [-0.39, 0.29) is 10.9 Å². The first kappa shape index (κ1) is 35.6. The molecule has 7 rings (SSSR count). The average molecular weight is 703 g/mol. The van der Waals surface area contributed by atoms with E-state index in [1.54, 1.807) is 0 Å². The second kappa shape index (κ2) is 16.7. The molecule has 7 aromatic carbocycles. The molecule has 0 saturated heterocycles. The van der Waals surface area contributed by atoms with Gasteiger partial charge in [0.2, 0.25) is 10.9 Å². The van der Waals surface area contributed by atoms with Crippen molar-refractivity contribution in [3.05, 3.63) is 69.0 Å². The Morgan fingerprint density at radius 2 is 0.660 bits per heavy atom. The van der Waals surface area contributed by atoms with Crippen LogP contribution in [0.2, 0.25) is 0 Å². The Bertz CT molecular complexity index is 2100. The lowest BCUT2D eigenvalue weighted by Gasteiger charge is -2.24. The minimum Gasteiger partial charge on any atom is -0.285 e. The summed E-state index contributed by atoms with van der Waals surface area (Å²) in [5.74, 6) is 2.26. The predicted octanol–water partition coefficient (Wildman–Crippen LogP) is 14.3. The molecule has 0 fully saturated rings. The smallest absolute Gasteiger partial charge is 0.234 e. The van der Waals surface area contributed by atoms with Crippen LogP contribution < -0.4 is 10.9 Å². The summed E-state index contributed by atoms with van der Waals surface area (Å²) in [5, 5.41) is 13.0. The SMILES string of the molecule is CCCCCCCCCCCSc1c(SCCCCCCCCCCC)c2ccc3ccc4c(=O)c(=O)c5ccc6ccc1c1c6c5c4c3c21. The minimum absolute atomic E-state index is 0.366. The predicted molar refractivity (Wildman–Crippen MR) is 225 cm³/mol. The first-order valence-electron chi connectivity index (χ1n) is 20.0. The summed E-state index contributed by atoms with van der Waals surface area (Å²) in [5.41, 5.74) is -0.732. The molecule has 0 spiro atoms. The summed E-state index contributed by atoms with van der Waals surface area (Å²) in [6, 6.07) is 17.1. The van der Waals surface area contributed by atoms with Crippen LogP contribution in [0, 0.1) is 0 Å². The highest BCUT2D eigenvalue weighted by molar-refractivity contribution is 8.02. The van der Waals surface area contributed by atoms with Crippen molar-refractivity contribution in [2.45, 2.75) is 139 Å². The van der Waals surface area contributed by atoms with Crippen LogP contribution >= 0.6 is 23.5 Å². The molecule has 0 aliphatic heterocycles. The lowest BCUT2D eigenvalue weighted by Crippen LogP contribution is -2.24. The van der Waals surface area contributed by atoms with E-state index in [4.69, 9.17) is 0 Å². The van der Waals surface area contributed by atoms with Crippen LogP contribution in [0.5, 0.6) is 0 Å². The first-order chi connectivity index (χ1) is 24.7. The van der Waals surface area contributed by atoms with Gasteiger partial charge in [-0.3, -0.25) is 9.59 Å². The van der Waals surface area contributed by atoms with Crippen molar-refractivity contribution in [1.82, 2.24) is 0 Å². The van der Waals surface area contributed by atoms with E-state index in [0.717, 1.165) is 33.1 Å². The van der Waals surface area contributed by atoms with E-state index in [9.17, 15) is 9.59 Å². The topological polar surface area (TPSA) is 34.1 Å². The first-order valence-corrected chi connectivity index (χ1v) is 21.9. The molecule has 0 radical (unpaired) electrons. The van der Waals surface area contributed by atoms with Gasteiger partial charge in [-0.05, 0) is 79.6 Å². The molecule has 0 aliphatic carbocycles. The quantitative estimate of drug-likeness (QED) is 0.0231. The standard InChI is InChI=1S/C46H54O2S2/c1-3-5-7-9-11-13-15-17-19-29-49-45-35-27-23-31-21-25-33-39-37(31)41(35)42-36(46(45)50-30-20-18-16-14-12-10-8-6-4-2)28-24-32-22-26-34(40(39)38(32)42)44(48)43(33)47/h21-28H,3-20,29-30H2,1-2H3. The Balaban J connectivity index is 1.23.